The molecule has 0 unspecified atom stereocenters. The van der Waals surface area contributed by atoms with Crippen LogP contribution in [0.1, 0.15) is 24.0 Å². The molecule has 0 radical (unpaired) electrons. The van der Waals surface area contributed by atoms with Crippen molar-refractivity contribution in [1.29, 1.82) is 0 Å². The molecule has 29 heavy (non-hydrogen) atoms. The van der Waals surface area contributed by atoms with Gasteiger partial charge in [-0.3, -0.25) is 4.79 Å². The molecule has 0 saturated carbocycles. The SMILES string of the molecule is Cc1cccc(CCNC(=O)C2CCN(c3ccc4cccc(O)c4n3)CC2)c1. The van der Waals surface area contributed by atoms with Crippen LogP contribution in [0.25, 0.3) is 10.9 Å². The lowest BCUT2D eigenvalue weighted by Crippen LogP contribution is -2.41. The van der Waals surface area contributed by atoms with Gasteiger partial charge in [0.25, 0.3) is 0 Å². The number of aromatic hydroxyl groups is 1. The summed E-state index contributed by atoms with van der Waals surface area (Å²) in [6.45, 7) is 4.35. The number of aromatic nitrogens is 1. The lowest BCUT2D eigenvalue weighted by atomic mass is 9.95. The van der Waals surface area contributed by atoms with Gasteiger partial charge in [-0.1, -0.05) is 42.0 Å². The Morgan fingerprint density at radius 3 is 2.72 bits per heavy atom. The number of pyridine rings is 1. The lowest BCUT2D eigenvalue weighted by molar-refractivity contribution is -0.125. The Kier molecular flexibility index (Phi) is 5.65. The van der Waals surface area contributed by atoms with Gasteiger partial charge in [0.2, 0.25) is 5.91 Å². The quantitative estimate of drug-likeness (QED) is 0.696. The Bertz CT molecular complexity index is 1010. The highest BCUT2D eigenvalue weighted by Gasteiger charge is 2.25. The molecular formula is C24H27N3O2. The highest BCUT2D eigenvalue weighted by molar-refractivity contribution is 5.85. The number of piperidine rings is 1. The molecule has 0 bridgehead atoms. The summed E-state index contributed by atoms with van der Waals surface area (Å²) in [5.74, 6) is 1.27. The molecule has 1 aliphatic heterocycles. The van der Waals surface area contributed by atoms with Gasteiger partial charge in [0.1, 0.15) is 17.1 Å². The third-order valence-electron chi connectivity index (χ3n) is 5.67. The maximum Gasteiger partial charge on any atom is 0.223 e. The Morgan fingerprint density at radius 2 is 1.93 bits per heavy atom. The van der Waals surface area contributed by atoms with Crippen molar-refractivity contribution in [2.24, 2.45) is 5.92 Å². The number of phenols is 1. The Balaban J connectivity index is 1.30. The Morgan fingerprint density at radius 1 is 1.14 bits per heavy atom. The molecule has 0 atom stereocenters. The summed E-state index contributed by atoms with van der Waals surface area (Å²) in [5, 5.41) is 14.1. The van der Waals surface area contributed by atoms with Gasteiger partial charge in [0, 0.05) is 30.9 Å². The van der Waals surface area contributed by atoms with E-state index in [0.29, 0.717) is 12.1 Å². The molecule has 3 aromatic rings. The van der Waals surface area contributed by atoms with Crippen LogP contribution in [0.4, 0.5) is 5.82 Å². The predicted molar refractivity (Wildman–Crippen MR) is 116 cm³/mol. The fourth-order valence-electron chi connectivity index (χ4n) is 4.01. The van der Waals surface area contributed by atoms with Crippen molar-refractivity contribution >= 4 is 22.6 Å². The smallest absolute Gasteiger partial charge is 0.223 e. The molecule has 0 aliphatic carbocycles. The first-order valence-electron chi connectivity index (χ1n) is 10.3. The number of anilines is 1. The van der Waals surface area contributed by atoms with Crippen molar-refractivity contribution in [3.63, 3.8) is 0 Å². The number of amides is 1. The summed E-state index contributed by atoms with van der Waals surface area (Å²) in [5.41, 5.74) is 3.13. The van der Waals surface area contributed by atoms with Gasteiger partial charge >= 0.3 is 0 Å². The van der Waals surface area contributed by atoms with Gasteiger partial charge in [-0.25, -0.2) is 4.98 Å². The molecule has 2 aromatic carbocycles. The maximum atomic E-state index is 12.5. The summed E-state index contributed by atoms with van der Waals surface area (Å²) >= 11 is 0. The lowest BCUT2D eigenvalue weighted by Gasteiger charge is -2.32. The minimum Gasteiger partial charge on any atom is -0.506 e. The summed E-state index contributed by atoms with van der Waals surface area (Å²) < 4.78 is 0. The molecular weight excluding hydrogens is 362 g/mol. The number of carbonyl (C=O) groups excluding carboxylic acids is 1. The topological polar surface area (TPSA) is 65.5 Å². The van der Waals surface area contributed by atoms with Gasteiger partial charge in [0.05, 0.1) is 0 Å². The third kappa shape index (κ3) is 4.50. The molecule has 1 fully saturated rings. The standard InChI is InChI=1S/C24H27N3O2/c1-17-4-2-5-18(16-17)10-13-25-24(29)20-11-14-27(15-12-20)22-9-8-19-6-3-7-21(28)23(19)26-22/h2-9,16,20,28H,10-15H2,1H3,(H,25,29). The Labute approximate surface area is 171 Å². The monoisotopic (exact) mass is 389 g/mol. The number of phenolic OH excluding ortho intramolecular Hbond substituents is 1. The summed E-state index contributed by atoms with van der Waals surface area (Å²) in [6, 6.07) is 17.8. The molecule has 5 nitrogen and oxygen atoms in total. The summed E-state index contributed by atoms with van der Waals surface area (Å²) in [4.78, 5) is 19.4. The maximum absolute atomic E-state index is 12.5. The van der Waals surface area contributed by atoms with Crippen molar-refractivity contribution in [1.82, 2.24) is 10.3 Å². The number of benzene rings is 2. The van der Waals surface area contributed by atoms with Crippen LogP contribution in [0.2, 0.25) is 0 Å². The first-order valence-corrected chi connectivity index (χ1v) is 10.3. The second-order valence-electron chi connectivity index (χ2n) is 7.81. The van der Waals surface area contributed by atoms with E-state index in [1.165, 1.54) is 11.1 Å². The molecule has 1 aromatic heterocycles. The molecule has 1 saturated heterocycles. The Hall–Kier alpha value is -3.08. The fraction of sp³-hybridized carbons (Fsp3) is 0.333. The normalized spacial score (nSPS) is 14.9. The van der Waals surface area contributed by atoms with Crippen LogP contribution in [-0.4, -0.2) is 35.6 Å². The second kappa shape index (κ2) is 8.52. The number of fused-ring (bicyclic) bond motifs is 1. The van der Waals surface area contributed by atoms with E-state index >= 15 is 0 Å². The molecule has 5 heteroatoms. The summed E-state index contributed by atoms with van der Waals surface area (Å²) in [6.07, 6.45) is 2.49. The first-order chi connectivity index (χ1) is 14.1. The van der Waals surface area contributed by atoms with Gasteiger partial charge in [-0.2, -0.15) is 0 Å². The van der Waals surface area contributed by atoms with E-state index < -0.39 is 0 Å². The van der Waals surface area contributed by atoms with Crippen molar-refractivity contribution < 1.29 is 9.90 Å². The van der Waals surface area contributed by atoms with E-state index in [0.717, 1.165) is 43.6 Å². The van der Waals surface area contributed by atoms with Crippen molar-refractivity contribution in [2.75, 3.05) is 24.5 Å². The van der Waals surface area contributed by atoms with Crippen LogP contribution in [0.15, 0.2) is 54.6 Å². The zero-order chi connectivity index (χ0) is 20.2. The number of para-hydroxylation sites is 1. The minimum atomic E-state index is 0.0534. The number of carbonyl (C=O) groups is 1. The average Bonchev–Trinajstić information content (AvgIpc) is 2.74. The fourth-order valence-corrected chi connectivity index (χ4v) is 4.01. The van der Waals surface area contributed by atoms with Crippen LogP contribution in [0, 0.1) is 12.8 Å². The molecule has 4 rings (SSSR count). The van der Waals surface area contributed by atoms with Gasteiger partial charge in [0.15, 0.2) is 0 Å². The number of rotatable bonds is 5. The van der Waals surface area contributed by atoms with E-state index in [2.05, 4.69) is 46.4 Å². The molecule has 0 spiro atoms. The zero-order valence-electron chi connectivity index (χ0n) is 16.8. The zero-order valence-corrected chi connectivity index (χ0v) is 16.8. The van der Waals surface area contributed by atoms with Crippen LogP contribution in [0.5, 0.6) is 5.75 Å². The van der Waals surface area contributed by atoms with E-state index in [1.807, 2.05) is 24.3 Å². The molecule has 150 valence electrons. The second-order valence-corrected chi connectivity index (χ2v) is 7.81. The van der Waals surface area contributed by atoms with Crippen molar-refractivity contribution in [2.45, 2.75) is 26.2 Å². The van der Waals surface area contributed by atoms with E-state index in [9.17, 15) is 9.90 Å². The van der Waals surface area contributed by atoms with Gasteiger partial charge in [-0.05, 0) is 49.9 Å². The van der Waals surface area contributed by atoms with Crippen molar-refractivity contribution in [3.8, 4) is 5.75 Å². The minimum absolute atomic E-state index is 0.0534. The number of nitrogens with one attached hydrogen (secondary N) is 1. The number of aryl methyl sites for hydroxylation is 1. The summed E-state index contributed by atoms with van der Waals surface area (Å²) in [7, 11) is 0. The third-order valence-corrected chi connectivity index (χ3v) is 5.67. The molecule has 2 heterocycles. The van der Waals surface area contributed by atoms with Crippen LogP contribution in [-0.2, 0) is 11.2 Å². The first kappa shape index (κ1) is 19.2. The molecule has 1 aliphatic rings. The number of hydrogen-bond acceptors (Lipinski definition) is 4. The van der Waals surface area contributed by atoms with E-state index in [-0.39, 0.29) is 17.6 Å². The van der Waals surface area contributed by atoms with Crippen LogP contribution < -0.4 is 10.2 Å². The van der Waals surface area contributed by atoms with Gasteiger partial charge in [-0.15, -0.1) is 0 Å². The van der Waals surface area contributed by atoms with Crippen LogP contribution in [0.3, 0.4) is 0 Å². The van der Waals surface area contributed by atoms with E-state index in [4.69, 9.17) is 0 Å². The van der Waals surface area contributed by atoms with Crippen molar-refractivity contribution in [3.05, 3.63) is 65.7 Å². The largest absolute Gasteiger partial charge is 0.506 e. The predicted octanol–water partition coefficient (Wildman–Crippen LogP) is 3.82. The highest BCUT2D eigenvalue weighted by Crippen LogP contribution is 2.27. The van der Waals surface area contributed by atoms with E-state index in [1.54, 1.807) is 6.07 Å². The number of hydrogen-bond donors (Lipinski definition) is 2. The highest BCUT2D eigenvalue weighted by atomic mass is 16.3. The van der Waals surface area contributed by atoms with Crippen LogP contribution >= 0.6 is 0 Å². The average molecular weight is 389 g/mol. The molecule has 2 N–H and O–H groups in total. The molecule has 1 amide bonds. The number of nitrogens with zero attached hydrogens (tertiary/aromatic N) is 2. The van der Waals surface area contributed by atoms with Gasteiger partial charge < -0.3 is 15.3 Å².